The van der Waals surface area contributed by atoms with Crippen LogP contribution in [0.25, 0.3) is 0 Å². The van der Waals surface area contributed by atoms with Gasteiger partial charge in [-0.3, -0.25) is 10.7 Å². The molecule has 0 saturated heterocycles. The van der Waals surface area contributed by atoms with Gasteiger partial charge in [-0.25, -0.2) is 9.18 Å². The van der Waals surface area contributed by atoms with Crippen molar-refractivity contribution in [3.63, 3.8) is 0 Å². The SMILES string of the molecule is CN(C(=O)OC(C)(C)C)C1CCC(Cc2cc(F)ccc2NO)CC1. The van der Waals surface area contributed by atoms with Gasteiger partial charge in [0, 0.05) is 13.1 Å². The summed E-state index contributed by atoms with van der Waals surface area (Å²) >= 11 is 0. The van der Waals surface area contributed by atoms with E-state index in [1.54, 1.807) is 18.0 Å². The fourth-order valence-electron chi connectivity index (χ4n) is 3.37. The average molecular weight is 352 g/mol. The molecule has 0 aromatic heterocycles. The highest BCUT2D eigenvalue weighted by Gasteiger charge is 2.29. The standard InChI is InChI=1S/C19H29FN2O3/c1-19(2,3)25-18(23)22(4)16-8-5-13(6-9-16)11-14-12-15(20)7-10-17(14)21-24/h7,10,12-13,16,21,24H,5-6,8-9,11H2,1-4H3. The lowest BCUT2D eigenvalue weighted by Crippen LogP contribution is -2.42. The van der Waals surface area contributed by atoms with Crippen molar-refractivity contribution in [3.8, 4) is 0 Å². The van der Waals surface area contributed by atoms with Gasteiger partial charge < -0.3 is 9.64 Å². The predicted octanol–water partition coefficient (Wildman–Crippen LogP) is 4.60. The molecule has 0 aliphatic heterocycles. The van der Waals surface area contributed by atoms with Crippen molar-refractivity contribution < 1.29 is 19.1 Å². The van der Waals surface area contributed by atoms with Crippen molar-refractivity contribution >= 4 is 11.8 Å². The van der Waals surface area contributed by atoms with E-state index in [9.17, 15) is 14.4 Å². The average Bonchev–Trinajstić information content (AvgIpc) is 2.53. The minimum absolute atomic E-state index is 0.175. The number of nitrogens with zero attached hydrogens (tertiary/aromatic N) is 1. The number of nitrogens with one attached hydrogen (secondary N) is 1. The zero-order valence-electron chi connectivity index (χ0n) is 15.5. The van der Waals surface area contributed by atoms with Gasteiger partial charge in [0.25, 0.3) is 0 Å². The molecule has 0 radical (unpaired) electrons. The second-order valence-electron chi connectivity index (χ2n) is 7.88. The minimum atomic E-state index is -0.492. The molecule has 1 aromatic rings. The Balaban J connectivity index is 1.89. The first kappa shape index (κ1) is 19.5. The third-order valence-corrected chi connectivity index (χ3v) is 4.74. The number of carbonyl (C=O) groups excluding carboxylic acids is 1. The van der Waals surface area contributed by atoms with Crippen LogP contribution in [-0.2, 0) is 11.2 Å². The number of halogens is 1. The summed E-state index contributed by atoms with van der Waals surface area (Å²) in [6.45, 7) is 5.59. The van der Waals surface area contributed by atoms with Crippen LogP contribution in [-0.4, -0.2) is 34.9 Å². The Morgan fingerprint density at radius 2 is 1.96 bits per heavy atom. The van der Waals surface area contributed by atoms with E-state index in [-0.39, 0.29) is 18.0 Å². The van der Waals surface area contributed by atoms with Crippen LogP contribution in [0.3, 0.4) is 0 Å². The third-order valence-electron chi connectivity index (χ3n) is 4.74. The van der Waals surface area contributed by atoms with E-state index in [0.717, 1.165) is 31.2 Å². The van der Waals surface area contributed by atoms with Gasteiger partial charge in [-0.05, 0) is 82.6 Å². The summed E-state index contributed by atoms with van der Waals surface area (Å²) in [6.07, 6.45) is 4.14. The molecule has 0 heterocycles. The first-order valence-electron chi connectivity index (χ1n) is 8.84. The lowest BCUT2D eigenvalue weighted by Gasteiger charge is -2.35. The van der Waals surface area contributed by atoms with Crippen LogP contribution in [0, 0.1) is 11.7 Å². The molecule has 2 rings (SSSR count). The van der Waals surface area contributed by atoms with E-state index >= 15 is 0 Å². The van der Waals surface area contributed by atoms with Crippen LogP contribution in [0.4, 0.5) is 14.9 Å². The molecule has 1 amide bonds. The molecule has 0 bridgehead atoms. The minimum Gasteiger partial charge on any atom is -0.444 e. The Labute approximate surface area is 149 Å². The van der Waals surface area contributed by atoms with E-state index in [2.05, 4.69) is 5.48 Å². The van der Waals surface area contributed by atoms with Crippen LogP contribution in [0.2, 0.25) is 0 Å². The number of carbonyl (C=O) groups is 1. The van der Waals surface area contributed by atoms with Crippen LogP contribution in [0.1, 0.15) is 52.0 Å². The van der Waals surface area contributed by atoms with Crippen molar-refractivity contribution in [1.29, 1.82) is 0 Å². The van der Waals surface area contributed by atoms with Gasteiger partial charge in [0.1, 0.15) is 11.4 Å². The number of ether oxygens (including phenoxy) is 1. The highest BCUT2D eigenvalue weighted by Crippen LogP contribution is 2.32. The highest BCUT2D eigenvalue weighted by atomic mass is 19.1. The maximum Gasteiger partial charge on any atom is 0.410 e. The fourth-order valence-corrected chi connectivity index (χ4v) is 3.37. The molecule has 0 atom stereocenters. The molecule has 0 unspecified atom stereocenters. The Kier molecular flexibility index (Phi) is 6.27. The van der Waals surface area contributed by atoms with E-state index in [1.807, 2.05) is 20.8 Å². The fraction of sp³-hybridized carbons (Fsp3) is 0.632. The number of benzene rings is 1. The number of anilines is 1. The molecule has 2 N–H and O–H groups in total. The molecular weight excluding hydrogens is 323 g/mol. The number of amides is 1. The quantitative estimate of drug-likeness (QED) is 0.778. The normalized spacial score (nSPS) is 20.9. The van der Waals surface area contributed by atoms with Gasteiger partial charge in [-0.1, -0.05) is 0 Å². The summed E-state index contributed by atoms with van der Waals surface area (Å²) in [5.41, 5.74) is 2.98. The summed E-state index contributed by atoms with van der Waals surface area (Å²) in [7, 11) is 1.79. The molecule has 1 saturated carbocycles. The second-order valence-corrected chi connectivity index (χ2v) is 7.88. The van der Waals surface area contributed by atoms with Gasteiger partial charge in [0.15, 0.2) is 0 Å². The Bertz CT molecular complexity index is 593. The van der Waals surface area contributed by atoms with Crippen LogP contribution < -0.4 is 5.48 Å². The zero-order valence-corrected chi connectivity index (χ0v) is 15.5. The summed E-state index contributed by atoms with van der Waals surface area (Å²) in [4.78, 5) is 13.9. The van der Waals surface area contributed by atoms with E-state index < -0.39 is 5.60 Å². The van der Waals surface area contributed by atoms with Crippen molar-refractivity contribution in [2.75, 3.05) is 12.5 Å². The second kappa shape index (κ2) is 8.04. The molecule has 140 valence electrons. The molecule has 6 heteroatoms. The first-order chi connectivity index (χ1) is 11.7. The molecule has 0 spiro atoms. The largest absolute Gasteiger partial charge is 0.444 e. The van der Waals surface area contributed by atoms with Crippen LogP contribution in [0.5, 0.6) is 0 Å². The summed E-state index contributed by atoms with van der Waals surface area (Å²) in [5, 5.41) is 9.18. The Morgan fingerprint density at radius 3 is 2.52 bits per heavy atom. The molecule has 1 aliphatic carbocycles. The molecule has 1 aliphatic rings. The molecular formula is C19H29FN2O3. The van der Waals surface area contributed by atoms with Crippen molar-refractivity contribution in [2.45, 2.75) is 64.5 Å². The van der Waals surface area contributed by atoms with E-state index in [0.29, 0.717) is 18.0 Å². The Hall–Kier alpha value is -1.82. The van der Waals surface area contributed by atoms with Crippen molar-refractivity contribution in [1.82, 2.24) is 4.90 Å². The smallest absolute Gasteiger partial charge is 0.410 e. The number of rotatable bonds is 4. The monoisotopic (exact) mass is 352 g/mol. The lowest BCUT2D eigenvalue weighted by molar-refractivity contribution is 0.0172. The molecule has 25 heavy (non-hydrogen) atoms. The van der Waals surface area contributed by atoms with Gasteiger partial charge in [0.2, 0.25) is 0 Å². The lowest BCUT2D eigenvalue weighted by atomic mass is 9.82. The van der Waals surface area contributed by atoms with Crippen LogP contribution >= 0.6 is 0 Å². The zero-order chi connectivity index (χ0) is 18.6. The highest BCUT2D eigenvalue weighted by molar-refractivity contribution is 5.68. The van der Waals surface area contributed by atoms with E-state index in [4.69, 9.17) is 4.74 Å². The summed E-state index contributed by atoms with van der Waals surface area (Å²) < 4.78 is 18.9. The van der Waals surface area contributed by atoms with Crippen molar-refractivity contribution in [2.24, 2.45) is 5.92 Å². The summed E-state index contributed by atoms with van der Waals surface area (Å²) in [5.74, 6) is 0.115. The maximum absolute atomic E-state index is 13.5. The predicted molar refractivity (Wildman–Crippen MR) is 95.3 cm³/mol. The number of hydrogen-bond acceptors (Lipinski definition) is 4. The molecule has 5 nitrogen and oxygen atoms in total. The van der Waals surface area contributed by atoms with Gasteiger partial charge in [0.05, 0.1) is 5.69 Å². The topological polar surface area (TPSA) is 61.8 Å². The third kappa shape index (κ3) is 5.59. The summed E-state index contributed by atoms with van der Waals surface area (Å²) in [6, 6.07) is 4.52. The van der Waals surface area contributed by atoms with E-state index in [1.165, 1.54) is 12.1 Å². The molecule has 1 fully saturated rings. The Morgan fingerprint density at radius 1 is 1.32 bits per heavy atom. The van der Waals surface area contributed by atoms with Gasteiger partial charge in [-0.15, -0.1) is 0 Å². The van der Waals surface area contributed by atoms with Crippen molar-refractivity contribution in [3.05, 3.63) is 29.6 Å². The van der Waals surface area contributed by atoms with Gasteiger partial charge >= 0.3 is 6.09 Å². The van der Waals surface area contributed by atoms with Crippen LogP contribution in [0.15, 0.2) is 18.2 Å². The first-order valence-corrected chi connectivity index (χ1v) is 8.84. The maximum atomic E-state index is 13.5. The van der Waals surface area contributed by atoms with Gasteiger partial charge in [-0.2, -0.15) is 0 Å². The number of hydrogen-bond donors (Lipinski definition) is 2. The molecule has 1 aromatic carbocycles.